The first-order valence-corrected chi connectivity index (χ1v) is 31.3. The van der Waals surface area contributed by atoms with Gasteiger partial charge in [-0.3, -0.25) is 14.4 Å². The molecule has 1 heterocycles. The van der Waals surface area contributed by atoms with Crippen LogP contribution in [0, 0.1) is 0 Å². The molecule has 0 aromatic carbocycles. The first-order chi connectivity index (χ1) is 37.6. The van der Waals surface area contributed by atoms with E-state index in [-0.39, 0.29) is 25.9 Å². The van der Waals surface area contributed by atoms with Crippen molar-refractivity contribution in [2.24, 2.45) is 0 Å². The fraction of sp³-hybridized carbons (Fsp3) is 0.785. The maximum atomic E-state index is 13.2. The van der Waals surface area contributed by atoms with Gasteiger partial charge < -0.3 is 39.0 Å². The molecule has 1 rings (SSSR count). The van der Waals surface area contributed by atoms with Crippen molar-refractivity contribution >= 4 is 23.9 Å². The minimum Gasteiger partial charge on any atom is -0.479 e. The summed E-state index contributed by atoms with van der Waals surface area (Å²) in [5, 5.41) is 31.5. The lowest BCUT2D eigenvalue weighted by molar-refractivity contribution is -0.301. The fourth-order valence-corrected chi connectivity index (χ4v) is 9.30. The van der Waals surface area contributed by atoms with Crippen LogP contribution in [0.1, 0.15) is 278 Å². The van der Waals surface area contributed by atoms with E-state index in [4.69, 9.17) is 23.7 Å². The second-order valence-electron chi connectivity index (χ2n) is 21.3. The monoisotopic (exact) mass is 1080 g/mol. The summed E-state index contributed by atoms with van der Waals surface area (Å²) < 4.78 is 28.5. The van der Waals surface area contributed by atoms with Gasteiger partial charge in [0.2, 0.25) is 0 Å². The van der Waals surface area contributed by atoms with Gasteiger partial charge in [-0.15, -0.1) is 0 Å². The maximum absolute atomic E-state index is 13.2. The van der Waals surface area contributed by atoms with E-state index in [0.717, 1.165) is 109 Å². The zero-order chi connectivity index (χ0) is 56.1. The normalized spacial score (nSPS) is 18.4. The molecule has 0 aromatic rings. The summed E-state index contributed by atoms with van der Waals surface area (Å²) in [6.45, 7) is 5.88. The summed E-state index contributed by atoms with van der Waals surface area (Å²) in [7, 11) is 0. The topological polar surface area (TPSA) is 175 Å². The Hall–Kier alpha value is -3.58. The van der Waals surface area contributed by atoms with Crippen molar-refractivity contribution in [3.63, 3.8) is 0 Å². The van der Waals surface area contributed by atoms with Gasteiger partial charge >= 0.3 is 23.9 Å². The lowest BCUT2D eigenvalue weighted by Gasteiger charge is -2.40. The lowest BCUT2D eigenvalue weighted by atomic mass is 9.98. The second kappa shape index (κ2) is 53.1. The number of hydrogen-bond acceptors (Lipinski definition) is 11. The number of esters is 3. The van der Waals surface area contributed by atoms with Crippen LogP contribution in [0.3, 0.4) is 0 Å². The van der Waals surface area contributed by atoms with Crippen LogP contribution in [0.5, 0.6) is 0 Å². The van der Waals surface area contributed by atoms with E-state index in [9.17, 15) is 34.5 Å². The van der Waals surface area contributed by atoms with Gasteiger partial charge in [0.1, 0.15) is 18.8 Å². The Balaban J connectivity index is 2.69. The number of allylic oxidation sites excluding steroid dienone is 10. The van der Waals surface area contributed by atoms with Crippen molar-refractivity contribution < 1.29 is 58.2 Å². The molecule has 1 aliphatic heterocycles. The Kier molecular flexibility index (Phi) is 49.2. The molecule has 12 nitrogen and oxygen atoms in total. The van der Waals surface area contributed by atoms with Crippen molar-refractivity contribution in [2.75, 3.05) is 13.2 Å². The predicted molar refractivity (Wildman–Crippen MR) is 312 cm³/mol. The molecule has 0 aromatic heterocycles. The van der Waals surface area contributed by atoms with Crippen molar-refractivity contribution in [3.05, 3.63) is 60.8 Å². The first-order valence-electron chi connectivity index (χ1n) is 31.3. The maximum Gasteiger partial charge on any atom is 0.335 e. The van der Waals surface area contributed by atoms with E-state index in [1.165, 1.54) is 109 Å². The average Bonchev–Trinajstić information content (AvgIpc) is 3.43. The smallest absolute Gasteiger partial charge is 0.335 e. The fourth-order valence-electron chi connectivity index (χ4n) is 9.30. The summed E-state index contributed by atoms with van der Waals surface area (Å²) in [6, 6.07) is 0. The van der Waals surface area contributed by atoms with E-state index in [1.807, 2.05) is 0 Å². The summed E-state index contributed by atoms with van der Waals surface area (Å²) in [4.78, 5) is 51.2. The number of rotatable bonds is 53. The van der Waals surface area contributed by atoms with Crippen molar-refractivity contribution in [1.82, 2.24) is 0 Å². The van der Waals surface area contributed by atoms with Crippen LogP contribution in [0.2, 0.25) is 0 Å². The minimum atomic E-state index is -1.91. The van der Waals surface area contributed by atoms with Crippen LogP contribution >= 0.6 is 0 Å². The van der Waals surface area contributed by atoms with Gasteiger partial charge in [0.15, 0.2) is 24.6 Å². The largest absolute Gasteiger partial charge is 0.479 e. The molecular formula is C65H112O12. The Morgan fingerprint density at radius 1 is 0.442 bits per heavy atom. The SMILES string of the molecule is CC/C=C\C/C=C\C/C=C\C/C=C\CCCCCCC(=O)OC1C(OCC(COC(=O)CCCCCCC/C=C\CCCCCCCC)OC(=O)CCCCCCCCCCCCCCCCC)OC(C(=O)O)C(O)C1O. The minimum absolute atomic E-state index is 0.0323. The number of carboxylic acids is 1. The molecule has 0 bridgehead atoms. The van der Waals surface area contributed by atoms with Crippen molar-refractivity contribution in [2.45, 2.75) is 314 Å². The number of ether oxygens (including phenoxy) is 5. The Morgan fingerprint density at radius 3 is 1.26 bits per heavy atom. The van der Waals surface area contributed by atoms with E-state index in [1.54, 1.807) is 0 Å². The molecule has 0 radical (unpaired) electrons. The highest BCUT2D eigenvalue weighted by Crippen LogP contribution is 2.26. The highest BCUT2D eigenvalue weighted by atomic mass is 16.7. The van der Waals surface area contributed by atoms with E-state index < -0.39 is 67.3 Å². The number of hydrogen-bond donors (Lipinski definition) is 3. The molecule has 0 spiro atoms. The molecular weight excluding hydrogens is 973 g/mol. The number of aliphatic carboxylic acids is 1. The lowest BCUT2D eigenvalue weighted by Crippen LogP contribution is -2.61. The molecule has 444 valence electrons. The predicted octanol–water partition coefficient (Wildman–Crippen LogP) is 16.3. The number of carboxylic acid groups (broad SMARTS) is 1. The van der Waals surface area contributed by atoms with Gasteiger partial charge in [-0.2, -0.15) is 0 Å². The summed E-state index contributed by atoms with van der Waals surface area (Å²) in [5.41, 5.74) is 0. The van der Waals surface area contributed by atoms with Gasteiger partial charge in [0.25, 0.3) is 0 Å². The molecule has 77 heavy (non-hydrogen) atoms. The second-order valence-corrected chi connectivity index (χ2v) is 21.3. The third-order valence-electron chi connectivity index (χ3n) is 14.1. The third-order valence-corrected chi connectivity index (χ3v) is 14.1. The molecule has 1 saturated heterocycles. The Labute approximate surface area is 468 Å². The number of carbonyl (C=O) groups excluding carboxylic acids is 3. The number of carbonyl (C=O) groups is 4. The molecule has 12 heteroatoms. The van der Waals surface area contributed by atoms with Crippen LogP contribution in [-0.4, -0.2) is 89.2 Å². The zero-order valence-corrected chi connectivity index (χ0v) is 49.0. The first kappa shape index (κ1) is 71.4. The summed E-state index contributed by atoms with van der Waals surface area (Å²) >= 11 is 0. The van der Waals surface area contributed by atoms with Gasteiger partial charge in [0.05, 0.1) is 6.61 Å². The molecule has 0 amide bonds. The highest BCUT2D eigenvalue weighted by Gasteiger charge is 2.50. The van der Waals surface area contributed by atoms with Crippen LogP contribution in [-0.2, 0) is 42.9 Å². The zero-order valence-electron chi connectivity index (χ0n) is 49.0. The van der Waals surface area contributed by atoms with Crippen molar-refractivity contribution in [3.8, 4) is 0 Å². The highest BCUT2D eigenvalue weighted by molar-refractivity contribution is 5.74. The van der Waals surface area contributed by atoms with Crippen LogP contribution < -0.4 is 0 Å². The third kappa shape index (κ3) is 43.0. The summed E-state index contributed by atoms with van der Waals surface area (Å²) in [5.74, 6) is -3.14. The number of unbranched alkanes of at least 4 members (excludes halogenated alkanes) is 29. The molecule has 6 atom stereocenters. The molecule has 0 aliphatic carbocycles. The van der Waals surface area contributed by atoms with E-state index >= 15 is 0 Å². The van der Waals surface area contributed by atoms with Gasteiger partial charge in [-0.25, -0.2) is 4.79 Å². The quantitative estimate of drug-likeness (QED) is 0.0228. The van der Waals surface area contributed by atoms with E-state index in [0.29, 0.717) is 19.3 Å². The molecule has 1 aliphatic rings. The van der Waals surface area contributed by atoms with Gasteiger partial charge in [-0.05, 0) is 83.5 Å². The molecule has 0 saturated carbocycles. The van der Waals surface area contributed by atoms with Crippen molar-refractivity contribution in [1.29, 1.82) is 0 Å². The van der Waals surface area contributed by atoms with Gasteiger partial charge in [-0.1, -0.05) is 236 Å². The summed E-state index contributed by atoms with van der Waals surface area (Å²) in [6.07, 6.45) is 53.2. The van der Waals surface area contributed by atoms with Gasteiger partial charge in [0, 0.05) is 19.3 Å². The number of aliphatic hydroxyl groups excluding tert-OH is 2. The molecule has 6 unspecified atom stereocenters. The Bertz CT molecular complexity index is 1570. The average molecular weight is 1090 g/mol. The van der Waals surface area contributed by atoms with Crippen LogP contribution in [0.15, 0.2) is 60.8 Å². The molecule has 3 N–H and O–H groups in total. The Morgan fingerprint density at radius 2 is 0.818 bits per heavy atom. The molecule has 1 fully saturated rings. The van der Waals surface area contributed by atoms with Crippen LogP contribution in [0.25, 0.3) is 0 Å². The number of aliphatic hydroxyl groups is 2. The standard InChI is InChI=1S/C65H112O12/c1-4-7-10-13-16-19-22-25-28-29-32-35-38-41-44-47-50-53-59(68)76-63-61(70)60(69)62(64(71)72)77-65(63)74-55-56(75-58(67)52-49-46-43-40-37-34-31-27-24-21-18-15-12-9-6-3)54-73-57(66)51-48-45-42-39-36-33-30-26-23-20-17-14-11-8-5-2/h7,10,16,19,25-26,28,30,32,35,56,60-63,65,69-70H,4-6,8-9,11-15,17-18,20-24,27,29,31,33-34,36-55H2,1-3H3,(H,71,72)/b10-7-,19-16-,28-25-,30-26-,35-32-. The van der Waals surface area contributed by atoms with Crippen LogP contribution in [0.4, 0.5) is 0 Å². The van der Waals surface area contributed by atoms with E-state index in [2.05, 4.69) is 81.5 Å².